The van der Waals surface area contributed by atoms with Crippen molar-refractivity contribution >= 4 is 17.5 Å². The molecule has 0 heterocycles. The molecular weight excluding hydrogens is 231 g/mol. The topological polar surface area (TPSA) is 80.7 Å². The van der Waals surface area contributed by atoms with E-state index in [-0.39, 0.29) is 11.3 Å². The summed E-state index contributed by atoms with van der Waals surface area (Å²) in [4.78, 5) is 32.8. The minimum atomic E-state index is -1.41. The highest BCUT2D eigenvalue weighted by atomic mass is 19.1. The predicted molar refractivity (Wildman–Crippen MR) is 54.5 cm³/mol. The molecular formula is C11H9FO5. The second-order valence-electron chi connectivity index (χ2n) is 3.17. The highest BCUT2D eigenvalue weighted by Crippen LogP contribution is 2.18. The lowest BCUT2D eigenvalue weighted by Gasteiger charge is -2.03. The lowest BCUT2D eigenvalue weighted by atomic mass is 10.1. The van der Waals surface area contributed by atoms with Crippen LogP contribution in [-0.4, -0.2) is 29.8 Å². The number of hydrogen-bond donors (Lipinski definition) is 1. The van der Waals surface area contributed by atoms with E-state index >= 15 is 0 Å². The van der Waals surface area contributed by atoms with Crippen LogP contribution >= 0.6 is 0 Å². The van der Waals surface area contributed by atoms with Gasteiger partial charge in [-0.25, -0.2) is 4.39 Å². The molecule has 0 fully saturated rings. The van der Waals surface area contributed by atoms with Gasteiger partial charge in [0.15, 0.2) is 11.6 Å². The van der Waals surface area contributed by atoms with E-state index in [0.29, 0.717) is 0 Å². The normalized spacial score (nSPS) is 9.76. The van der Waals surface area contributed by atoms with Crippen LogP contribution in [0.4, 0.5) is 4.39 Å². The van der Waals surface area contributed by atoms with Gasteiger partial charge >= 0.3 is 5.97 Å². The monoisotopic (exact) mass is 240 g/mol. The first-order valence-electron chi connectivity index (χ1n) is 4.58. The zero-order valence-electron chi connectivity index (χ0n) is 8.90. The molecule has 6 heteroatoms. The molecule has 0 unspecified atom stereocenters. The highest BCUT2D eigenvalue weighted by Gasteiger charge is 2.20. The number of carbonyl (C=O) groups is 3. The minimum Gasteiger partial charge on any atom is -0.494 e. The lowest BCUT2D eigenvalue weighted by Crippen LogP contribution is -2.18. The summed E-state index contributed by atoms with van der Waals surface area (Å²) < 4.78 is 17.9. The summed E-state index contributed by atoms with van der Waals surface area (Å²) in [5.74, 6) is -4.39. The van der Waals surface area contributed by atoms with Gasteiger partial charge < -0.3 is 9.84 Å². The molecule has 0 spiro atoms. The lowest BCUT2D eigenvalue weighted by molar-refractivity contribution is -0.139. The highest BCUT2D eigenvalue weighted by molar-refractivity contribution is 6.45. The van der Waals surface area contributed by atoms with Crippen LogP contribution in [0.25, 0.3) is 0 Å². The molecule has 0 saturated carbocycles. The van der Waals surface area contributed by atoms with Crippen molar-refractivity contribution in [2.24, 2.45) is 0 Å². The Kier molecular flexibility index (Phi) is 3.92. The summed E-state index contributed by atoms with van der Waals surface area (Å²) in [7, 11) is 1.26. The molecule has 1 aromatic carbocycles. The van der Waals surface area contributed by atoms with E-state index in [1.54, 1.807) is 0 Å². The summed E-state index contributed by atoms with van der Waals surface area (Å²) in [5.41, 5.74) is -0.199. The summed E-state index contributed by atoms with van der Waals surface area (Å²) in [6.45, 7) is 0. The van der Waals surface area contributed by atoms with Gasteiger partial charge in [-0.3, -0.25) is 14.4 Å². The number of benzene rings is 1. The van der Waals surface area contributed by atoms with E-state index in [9.17, 15) is 18.8 Å². The molecule has 0 atom stereocenters. The van der Waals surface area contributed by atoms with E-state index in [1.165, 1.54) is 19.2 Å². The Bertz CT molecular complexity index is 481. The first-order chi connectivity index (χ1) is 7.95. The fraction of sp³-hybridized carbons (Fsp3) is 0.182. The second-order valence-corrected chi connectivity index (χ2v) is 3.17. The van der Waals surface area contributed by atoms with Crippen molar-refractivity contribution in [2.45, 2.75) is 6.42 Å². The van der Waals surface area contributed by atoms with Gasteiger partial charge in [-0.15, -0.1) is 0 Å². The predicted octanol–water partition coefficient (Wildman–Crippen LogP) is 1.06. The van der Waals surface area contributed by atoms with E-state index in [1.807, 2.05) is 0 Å². The molecule has 1 rings (SSSR count). The van der Waals surface area contributed by atoms with E-state index in [0.717, 1.165) is 6.07 Å². The molecule has 0 bridgehead atoms. The van der Waals surface area contributed by atoms with Gasteiger partial charge in [0.1, 0.15) is 6.42 Å². The Balaban J connectivity index is 2.93. The number of ketones is 2. The van der Waals surface area contributed by atoms with Crippen molar-refractivity contribution in [1.29, 1.82) is 0 Å². The van der Waals surface area contributed by atoms with E-state index < -0.39 is 29.8 Å². The summed E-state index contributed by atoms with van der Waals surface area (Å²) >= 11 is 0. The molecule has 0 aliphatic carbocycles. The third-order valence-electron chi connectivity index (χ3n) is 1.98. The Morgan fingerprint density at radius 2 is 2.00 bits per heavy atom. The van der Waals surface area contributed by atoms with E-state index in [2.05, 4.69) is 4.74 Å². The summed E-state index contributed by atoms with van der Waals surface area (Å²) in [6, 6.07) is 3.22. The maximum Gasteiger partial charge on any atom is 0.311 e. The van der Waals surface area contributed by atoms with Crippen LogP contribution in [0.2, 0.25) is 0 Å². The van der Waals surface area contributed by atoms with Crippen molar-refractivity contribution in [3.63, 3.8) is 0 Å². The molecule has 0 aliphatic rings. The molecule has 1 N–H and O–H groups in total. The fourth-order valence-electron chi connectivity index (χ4n) is 1.19. The van der Waals surface area contributed by atoms with Gasteiger partial charge in [-0.1, -0.05) is 0 Å². The fourth-order valence-corrected chi connectivity index (χ4v) is 1.19. The molecule has 1 aromatic rings. The third kappa shape index (κ3) is 3.10. The molecule has 0 radical (unpaired) electrons. The molecule has 0 aliphatic heterocycles. The number of methoxy groups -OCH3 is 1. The molecule has 0 aromatic heterocycles. The first kappa shape index (κ1) is 12.8. The number of Topliss-reactive ketones (excluding diaryl/α,β-unsaturated/α-hetero) is 2. The van der Waals surface area contributed by atoms with Crippen LogP contribution in [0, 0.1) is 5.82 Å². The van der Waals surface area contributed by atoms with Crippen LogP contribution in [0.1, 0.15) is 16.8 Å². The van der Waals surface area contributed by atoms with Gasteiger partial charge in [0.2, 0.25) is 11.6 Å². The zero-order valence-corrected chi connectivity index (χ0v) is 8.90. The quantitative estimate of drug-likeness (QED) is 0.473. The Morgan fingerprint density at radius 3 is 2.47 bits per heavy atom. The number of carboxylic acid groups (broad SMARTS) is 1. The van der Waals surface area contributed by atoms with Crippen LogP contribution in [0.5, 0.6) is 5.75 Å². The third-order valence-corrected chi connectivity index (χ3v) is 1.98. The molecule has 5 nitrogen and oxygen atoms in total. The number of hydrogen-bond acceptors (Lipinski definition) is 4. The molecule has 90 valence electrons. The zero-order chi connectivity index (χ0) is 13.0. The van der Waals surface area contributed by atoms with Crippen molar-refractivity contribution in [3.05, 3.63) is 29.6 Å². The van der Waals surface area contributed by atoms with E-state index in [4.69, 9.17) is 5.11 Å². The van der Waals surface area contributed by atoms with Crippen LogP contribution in [0.3, 0.4) is 0 Å². The van der Waals surface area contributed by atoms with Crippen molar-refractivity contribution in [3.8, 4) is 5.75 Å². The summed E-state index contributed by atoms with van der Waals surface area (Å²) in [6.07, 6.45) is -0.910. The molecule has 0 amide bonds. The Labute approximate surface area is 95.8 Å². The number of ether oxygens (including phenoxy) is 1. The second kappa shape index (κ2) is 5.20. The van der Waals surface area contributed by atoms with Crippen molar-refractivity contribution < 1.29 is 28.6 Å². The maximum absolute atomic E-state index is 13.2. The standard InChI is InChI=1S/C11H9FO5/c1-17-9-3-2-6(4-7(9)12)11(16)8(13)5-10(14)15/h2-4H,5H2,1H3,(H,14,15). The minimum absolute atomic E-state index is 0.0627. The van der Waals surface area contributed by atoms with Gasteiger partial charge in [-0.2, -0.15) is 0 Å². The summed E-state index contributed by atoms with van der Waals surface area (Å²) in [5, 5.41) is 8.35. The van der Waals surface area contributed by atoms with Crippen LogP contribution < -0.4 is 4.74 Å². The van der Waals surface area contributed by atoms with Crippen LogP contribution in [0.15, 0.2) is 18.2 Å². The van der Waals surface area contributed by atoms with Gasteiger partial charge in [0.05, 0.1) is 7.11 Å². The van der Waals surface area contributed by atoms with Gasteiger partial charge in [0.25, 0.3) is 0 Å². The number of carbonyl (C=O) groups excluding carboxylic acids is 2. The Morgan fingerprint density at radius 1 is 1.35 bits per heavy atom. The SMILES string of the molecule is COc1ccc(C(=O)C(=O)CC(=O)O)cc1F. The average molecular weight is 240 g/mol. The molecule has 0 saturated heterocycles. The number of rotatable bonds is 5. The smallest absolute Gasteiger partial charge is 0.311 e. The van der Waals surface area contributed by atoms with Crippen LogP contribution in [-0.2, 0) is 9.59 Å². The Hall–Kier alpha value is -2.24. The number of aliphatic carboxylic acids is 1. The largest absolute Gasteiger partial charge is 0.494 e. The number of halogens is 1. The molecule has 17 heavy (non-hydrogen) atoms. The van der Waals surface area contributed by atoms with Gasteiger partial charge in [-0.05, 0) is 18.2 Å². The van der Waals surface area contributed by atoms with Gasteiger partial charge in [0, 0.05) is 5.56 Å². The average Bonchev–Trinajstić information content (AvgIpc) is 2.27. The first-order valence-corrected chi connectivity index (χ1v) is 4.58. The van der Waals surface area contributed by atoms with Crippen molar-refractivity contribution in [2.75, 3.05) is 7.11 Å². The maximum atomic E-state index is 13.2. The number of carboxylic acids is 1. The van der Waals surface area contributed by atoms with Crippen molar-refractivity contribution in [1.82, 2.24) is 0 Å².